The summed E-state index contributed by atoms with van der Waals surface area (Å²) < 4.78 is 14.8. The van der Waals surface area contributed by atoms with Crippen LogP contribution in [-0.4, -0.2) is 26.8 Å². The molecule has 0 spiro atoms. The Balaban J connectivity index is 1.89. The minimum atomic E-state index is -0.557. The Kier molecular flexibility index (Phi) is 3.25. The summed E-state index contributed by atoms with van der Waals surface area (Å²) in [5, 5.41) is 10.2. The van der Waals surface area contributed by atoms with Crippen LogP contribution in [0, 0.1) is 12.7 Å². The van der Waals surface area contributed by atoms with Crippen LogP contribution in [0.5, 0.6) is 0 Å². The molecule has 0 saturated carbocycles. The number of aryl methyl sites for hydroxylation is 1. The van der Waals surface area contributed by atoms with Crippen molar-refractivity contribution in [3.63, 3.8) is 0 Å². The van der Waals surface area contributed by atoms with Gasteiger partial charge < -0.3 is 0 Å². The van der Waals surface area contributed by atoms with Crippen molar-refractivity contribution < 1.29 is 14.0 Å². The minimum absolute atomic E-state index is 0.269. The molecule has 1 aromatic carbocycles. The molecule has 1 aliphatic rings. The number of carbonyl (C=O) groups is 2. The molecule has 1 unspecified atom stereocenters. The minimum Gasteiger partial charge on any atom is -0.295 e. The molecular weight excluding hydrogens is 275 g/mol. The van der Waals surface area contributed by atoms with E-state index in [2.05, 4.69) is 15.6 Å². The van der Waals surface area contributed by atoms with Gasteiger partial charge in [0.2, 0.25) is 5.91 Å². The summed E-state index contributed by atoms with van der Waals surface area (Å²) in [7, 11) is 0. The van der Waals surface area contributed by atoms with Gasteiger partial charge in [-0.1, -0.05) is 5.21 Å². The number of benzene rings is 1. The third kappa shape index (κ3) is 2.67. The first-order chi connectivity index (χ1) is 10.0. The number of halogens is 1. The van der Waals surface area contributed by atoms with Crippen LogP contribution >= 0.6 is 0 Å². The highest BCUT2D eigenvalue weighted by molar-refractivity contribution is 5.99. The van der Waals surface area contributed by atoms with Gasteiger partial charge in [-0.25, -0.2) is 9.07 Å². The van der Waals surface area contributed by atoms with Crippen molar-refractivity contribution in [2.24, 2.45) is 0 Å². The molecule has 6 nitrogen and oxygen atoms in total. The molecule has 1 aliphatic heterocycles. The molecule has 21 heavy (non-hydrogen) atoms. The van der Waals surface area contributed by atoms with Gasteiger partial charge in [-0.15, -0.1) is 5.10 Å². The molecule has 2 aromatic rings. The lowest BCUT2D eigenvalue weighted by molar-refractivity contribution is -0.136. The van der Waals surface area contributed by atoms with Gasteiger partial charge >= 0.3 is 0 Å². The van der Waals surface area contributed by atoms with Crippen LogP contribution < -0.4 is 5.32 Å². The van der Waals surface area contributed by atoms with Crippen molar-refractivity contribution in [2.75, 3.05) is 0 Å². The number of amides is 2. The van der Waals surface area contributed by atoms with E-state index in [1.165, 1.54) is 16.8 Å². The highest BCUT2D eigenvalue weighted by Gasteiger charge is 2.29. The van der Waals surface area contributed by atoms with Gasteiger partial charge in [0.1, 0.15) is 17.6 Å². The molecular formula is C14H13FN4O2. The van der Waals surface area contributed by atoms with E-state index in [9.17, 15) is 14.0 Å². The molecule has 2 amide bonds. The fourth-order valence-electron chi connectivity index (χ4n) is 2.38. The normalized spacial score (nSPS) is 18.7. The third-order valence-corrected chi connectivity index (χ3v) is 3.38. The highest BCUT2D eigenvalue weighted by atomic mass is 19.1. The number of aromatic nitrogens is 3. The van der Waals surface area contributed by atoms with Gasteiger partial charge in [-0.2, -0.15) is 0 Å². The fraction of sp³-hybridized carbons (Fsp3) is 0.286. The van der Waals surface area contributed by atoms with Crippen molar-refractivity contribution in [3.8, 4) is 11.3 Å². The lowest BCUT2D eigenvalue weighted by atomic mass is 10.1. The Morgan fingerprint density at radius 3 is 2.86 bits per heavy atom. The zero-order valence-electron chi connectivity index (χ0n) is 11.3. The number of hydrogen-bond donors (Lipinski definition) is 1. The number of piperidine rings is 1. The SMILES string of the molecule is Cc1cc(F)cc(-c2cn(C3CCC(=O)NC3=O)nn2)c1. The molecule has 108 valence electrons. The molecule has 0 aliphatic carbocycles. The number of carbonyl (C=O) groups excluding carboxylic acids is 2. The first-order valence-electron chi connectivity index (χ1n) is 6.56. The predicted molar refractivity (Wildman–Crippen MR) is 71.6 cm³/mol. The first kappa shape index (κ1) is 13.4. The monoisotopic (exact) mass is 288 g/mol. The van der Waals surface area contributed by atoms with Crippen LogP contribution in [0.25, 0.3) is 11.3 Å². The lowest BCUT2D eigenvalue weighted by Crippen LogP contribution is -2.41. The van der Waals surface area contributed by atoms with Gasteiger partial charge in [0, 0.05) is 12.0 Å². The molecule has 2 heterocycles. The maximum Gasteiger partial charge on any atom is 0.251 e. The highest BCUT2D eigenvalue weighted by Crippen LogP contribution is 2.23. The van der Waals surface area contributed by atoms with Gasteiger partial charge in [0.15, 0.2) is 0 Å². The summed E-state index contributed by atoms with van der Waals surface area (Å²) >= 11 is 0. The number of rotatable bonds is 2. The van der Waals surface area contributed by atoms with Crippen molar-refractivity contribution in [3.05, 3.63) is 35.8 Å². The Labute approximate surface area is 120 Å². The van der Waals surface area contributed by atoms with Crippen molar-refractivity contribution in [1.29, 1.82) is 0 Å². The van der Waals surface area contributed by atoms with E-state index in [0.29, 0.717) is 17.7 Å². The molecule has 1 aromatic heterocycles. The maximum absolute atomic E-state index is 13.4. The van der Waals surface area contributed by atoms with Crippen LogP contribution in [0.1, 0.15) is 24.4 Å². The van der Waals surface area contributed by atoms with E-state index in [0.717, 1.165) is 5.56 Å². The molecule has 1 saturated heterocycles. The average molecular weight is 288 g/mol. The Bertz CT molecular complexity index is 705. The molecule has 1 fully saturated rings. The second-order valence-electron chi connectivity index (χ2n) is 5.07. The van der Waals surface area contributed by atoms with Crippen LogP contribution in [-0.2, 0) is 9.59 Å². The van der Waals surface area contributed by atoms with Gasteiger partial charge in [0.25, 0.3) is 5.91 Å². The Morgan fingerprint density at radius 2 is 2.14 bits per heavy atom. The van der Waals surface area contributed by atoms with Crippen molar-refractivity contribution in [2.45, 2.75) is 25.8 Å². The number of hydrogen-bond acceptors (Lipinski definition) is 4. The third-order valence-electron chi connectivity index (χ3n) is 3.38. The maximum atomic E-state index is 13.4. The van der Waals surface area contributed by atoms with Crippen LogP contribution in [0.3, 0.4) is 0 Å². The quantitative estimate of drug-likeness (QED) is 0.847. The summed E-state index contributed by atoms with van der Waals surface area (Å²) in [6.07, 6.45) is 2.24. The standard InChI is InChI=1S/C14H13FN4O2/c1-8-4-9(6-10(15)5-8)11-7-19(18-17-11)12-2-3-13(20)16-14(12)21/h4-7,12H,2-3H2,1H3,(H,16,20,21). The summed E-state index contributed by atoms with van der Waals surface area (Å²) in [5.74, 6) is -1.02. The summed E-state index contributed by atoms with van der Waals surface area (Å²) in [5.41, 5.74) is 1.87. The smallest absolute Gasteiger partial charge is 0.251 e. The lowest BCUT2D eigenvalue weighted by Gasteiger charge is -2.20. The van der Waals surface area contributed by atoms with Crippen LogP contribution in [0.15, 0.2) is 24.4 Å². The predicted octanol–water partition coefficient (Wildman–Crippen LogP) is 1.37. The van der Waals surface area contributed by atoms with Gasteiger partial charge in [-0.3, -0.25) is 14.9 Å². The van der Waals surface area contributed by atoms with E-state index >= 15 is 0 Å². The van der Waals surface area contributed by atoms with Crippen molar-refractivity contribution in [1.82, 2.24) is 20.3 Å². The fourth-order valence-corrected chi connectivity index (χ4v) is 2.38. The van der Waals surface area contributed by atoms with Gasteiger partial charge in [-0.05, 0) is 37.1 Å². The summed E-state index contributed by atoms with van der Waals surface area (Å²) in [6.45, 7) is 1.79. The second kappa shape index (κ2) is 5.08. The summed E-state index contributed by atoms with van der Waals surface area (Å²) in [6, 6.07) is 4.03. The van der Waals surface area contributed by atoms with Crippen LogP contribution in [0.2, 0.25) is 0 Å². The second-order valence-corrected chi connectivity index (χ2v) is 5.07. The first-order valence-corrected chi connectivity index (χ1v) is 6.56. The van der Waals surface area contributed by atoms with Crippen LogP contribution in [0.4, 0.5) is 4.39 Å². The zero-order chi connectivity index (χ0) is 15.0. The number of imide groups is 1. The van der Waals surface area contributed by atoms with E-state index in [1.54, 1.807) is 19.2 Å². The molecule has 1 N–H and O–H groups in total. The molecule has 0 radical (unpaired) electrons. The molecule has 7 heteroatoms. The average Bonchev–Trinajstić information content (AvgIpc) is 2.87. The molecule has 3 rings (SSSR count). The Morgan fingerprint density at radius 1 is 1.33 bits per heavy atom. The molecule has 1 atom stereocenters. The topological polar surface area (TPSA) is 76.9 Å². The van der Waals surface area contributed by atoms with E-state index in [-0.39, 0.29) is 18.1 Å². The van der Waals surface area contributed by atoms with Gasteiger partial charge in [0.05, 0.1) is 6.20 Å². The summed E-state index contributed by atoms with van der Waals surface area (Å²) in [4.78, 5) is 22.9. The molecule has 0 bridgehead atoms. The van der Waals surface area contributed by atoms with Crippen molar-refractivity contribution >= 4 is 11.8 Å². The zero-order valence-corrected chi connectivity index (χ0v) is 11.3. The Hall–Kier alpha value is -2.57. The van der Waals surface area contributed by atoms with E-state index in [1.807, 2.05) is 0 Å². The van der Waals surface area contributed by atoms with E-state index < -0.39 is 11.9 Å². The largest absolute Gasteiger partial charge is 0.295 e. The number of nitrogens with one attached hydrogen (secondary N) is 1. The number of nitrogens with zero attached hydrogens (tertiary/aromatic N) is 3. The van der Waals surface area contributed by atoms with E-state index in [4.69, 9.17) is 0 Å².